The second kappa shape index (κ2) is 7.41. The standard InChI is InChI=1S/C19H20FN5O3/c1-3-28-19(26)14-11-22-25-8-6-16(23-17(14)25)24-7-4-5-15(24)13-9-12(20)10-21-18(13)27-2/h6,8-11,15H,3-5,7H2,1-2H3/t15-/m1/s1. The Kier molecular flexibility index (Phi) is 4.81. The number of rotatable bonds is 5. The third-order valence-electron chi connectivity index (χ3n) is 4.79. The lowest BCUT2D eigenvalue weighted by Gasteiger charge is -2.26. The monoisotopic (exact) mass is 385 g/mol. The van der Waals surface area contributed by atoms with E-state index in [1.54, 1.807) is 13.1 Å². The molecule has 1 saturated heterocycles. The molecule has 4 heterocycles. The van der Waals surface area contributed by atoms with E-state index in [1.807, 2.05) is 6.07 Å². The van der Waals surface area contributed by atoms with Crippen molar-refractivity contribution in [3.05, 3.63) is 47.7 Å². The Morgan fingerprint density at radius 2 is 2.25 bits per heavy atom. The van der Waals surface area contributed by atoms with Crippen molar-refractivity contribution in [1.29, 1.82) is 0 Å². The van der Waals surface area contributed by atoms with E-state index in [0.717, 1.165) is 25.6 Å². The smallest absolute Gasteiger partial charge is 0.343 e. The Morgan fingerprint density at radius 3 is 3.04 bits per heavy atom. The topological polar surface area (TPSA) is 81.8 Å². The molecular formula is C19H20FN5O3. The molecule has 0 unspecified atom stereocenters. The number of carbonyl (C=O) groups excluding carboxylic acids is 1. The highest BCUT2D eigenvalue weighted by Crippen LogP contribution is 2.38. The zero-order chi connectivity index (χ0) is 19.7. The minimum absolute atomic E-state index is 0.123. The maximum absolute atomic E-state index is 13.8. The van der Waals surface area contributed by atoms with Crippen LogP contribution in [0.1, 0.15) is 41.7 Å². The van der Waals surface area contributed by atoms with E-state index < -0.39 is 11.8 Å². The van der Waals surface area contributed by atoms with E-state index in [9.17, 15) is 9.18 Å². The molecule has 1 fully saturated rings. The van der Waals surface area contributed by atoms with Crippen LogP contribution in [-0.2, 0) is 4.74 Å². The Bertz CT molecular complexity index is 1020. The maximum Gasteiger partial charge on any atom is 0.343 e. The molecule has 0 bridgehead atoms. The molecule has 3 aromatic heterocycles. The summed E-state index contributed by atoms with van der Waals surface area (Å²) in [5.74, 6) is 0.200. The van der Waals surface area contributed by atoms with Crippen LogP contribution in [0.4, 0.5) is 10.2 Å². The predicted octanol–water partition coefficient (Wildman–Crippen LogP) is 2.79. The summed E-state index contributed by atoms with van der Waals surface area (Å²) in [6.45, 7) is 2.77. The average Bonchev–Trinajstić information content (AvgIpc) is 3.34. The third kappa shape index (κ3) is 3.12. The van der Waals surface area contributed by atoms with Gasteiger partial charge in [-0.1, -0.05) is 0 Å². The number of ether oxygens (including phenoxy) is 2. The number of anilines is 1. The molecule has 0 spiro atoms. The van der Waals surface area contributed by atoms with E-state index in [2.05, 4.69) is 20.0 Å². The average molecular weight is 385 g/mol. The highest BCUT2D eigenvalue weighted by atomic mass is 19.1. The molecule has 0 amide bonds. The number of methoxy groups -OCH3 is 1. The first-order valence-electron chi connectivity index (χ1n) is 9.10. The Hall–Kier alpha value is -3.23. The van der Waals surface area contributed by atoms with E-state index in [0.29, 0.717) is 28.5 Å². The number of hydrogen-bond donors (Lipinski definition) is 0. The van der Waals surface area contributed by atoms with Gasteiger partial charge in [-0.25, -0.2) is 23.7 Å². The Balaban J connectivity index is 1.74. The van der Waals surface area contributed by atoms with Crippen molar-refractivity contribution in [2.24, 2.45) is 0 Å². The SMILES string of the molecule is CCOC(=O)c1cnn2ccc(N3CCC[C@@H]3c3cc(F)cnc3OC)nc12. The molecule has 1 atom stereocenters. The van der Waals surface area contributed by atoms with Crippen LogP contribution >= 0.6 is 0 Å². The normalized spacial score (nSPS) is 16.5. The summed E-state index contributed by atoms with van der Waals surface area (Å²) in [5.41, 5.74) is 1.41. The fourth-order valence-electron chi connectivity index (χ4n) is 3.59. The van der Waals surface area contributed by atoms with Crippen LogP contribution in [0.15, 0.2) is 30.7 Å². The van der Waals surface area contributed by atoms with E-state index in [4.69, 9.17) is 9.47 Å². The maximum atomic E-state index is 13.8. The molecule has 0 saturated carbocycles. The summed E-state index contributed by atoms with van der Waals surface area (Å²) in [4.78, 5) is 22.9. The first-order valence-corrected chi connectivity index (χ1v) is 9.10. The molecule has 1 aliphatic heterocycles. The molecule has 3 aromatic rings. The van der Waals surface area contributed by atoms with Crippen molar-refractivity contribution in [2.45, 2.75) is 25.8 Å². The second-order valence-electron chi connectivity index (χ2n) is 6.44. The van der Waals surface area contributed by atoms with Gasteiger partial charge in [0.1, 0.15) is 17.2 Å². The summed E-state index contributed by atoms with van der Waals surface area (Å²) in [7, 11) is 1.52. The van der Waals surface area contributed by atoms with Crippen LogP contribution in [0.25, 0.3) is 5.65 Å². The van der Waals surface area contributed by atoms with Crippen molar-refractivity contribution in [3.8, 4) is 5.88 Å². The van der Waals surface area contributed by atoms with E-state index in [-0.39, 0.29) is 12.6 Å². The minimum atomic E-state index is -0.462. The molecular weight excluding hydrogens is 365 g/mol. The van der Waals surface area contributed by atoms with Crippen LogP contribution in [0.2, 0.25) is 0 Å². The van der Waals surface area contributed by atoms with Gasteiger partial charge in [0.15, 0.2) is 5.65 Å². The fraction of sp³-hybridized carbons (Fsp3) is 0.368. The number of fused-ring (bicyclic) bond motifs is 1. The first-order chi connectivity index (χ1) is 13.6. The molecule has 28 heavy (non-hydrogen) atoms. The van der Waals surface area contributed by atoms with Gasteiger partial charge in [0.05, 0.1) is 32.2 Å². The molecule has 0 N–H and O–H groups in total. The number of hydrogen-bond acceptors (Lipinski definition) is 7. The number of esters is 1. The summed E-state index contributed by atoms with van der Waals surface area (Å²) in [5, 5.41) is 4.16. The lowest BCUT2D eigenvalue weighted by Crippen LogP contribution is -2.24. The molecule has 0 aliphatic carbocycles. The lowest BCUT2D eigenvalue weighted by molar-refractivity contribution is 0.0528. The lowest BCUT2D eigenvalue weighted by atomic mass is 10.1. The van der Waals surface area contributed by atoms with E-state index in [1.165, 1.54) is 23.9 Å². The Morgan fingerprint density at radius 1 is 1.39 bits per heavy atom. The van der Waals surface area contributed by atoms with Gasteiger partial charge in [0.25, 0.3) is 0 Å². The largest absolute Gasteiger partial charge is 0.481 e. The van der Waals surface area contributed by atoms with Crippen molar-refractivity contribution in [1.82, 2.24) is 19.6 Å². The molecule has 0 aromatic carbocycles. The van der Waals surface area contributed by atoms with Crippen molar-refractivity contribution >= 4 is 17.4 Å². The summed E-state index contributed by atoms with van der Waals surface area (Å²) in [6, 6.07) is 3.16. The molecule has 4 rings (SSSR count). The fourth-order valence-corrected chi connectivity index (χ4v) is 3.59. The number of carbonyl (C=O) groups is 1. The van der Waals surface area contributed by atoms with Crippen molar-refractivity contribution in [3.63, 3.8) is 0 Å². The van der Waals surface area contributed by atoms with Gasteiger partial charge in [-0.3, -0.25) is 0 Å². The molecule has 1 aliphatic rings. The van der Waals surface area contributed by atoms with Crippen LogP contribution < -0.4 is 9.64 Å². The summed E-state index contributed by atoms with van der Waals surface area (Å²) < 4.78 is 25.8. The minimum Gasteiger partial charge on any atom is -0.481 e. The summed E-state index contributed by atoms with van der Waals surface area (Å²) in [6.07, 6.45) is 6.07. The van der Waals surface area contributed by atoms with Gasteiger partial charge in [-0.05, 0) is 31.9 Å². The van der Waals surface area contributed by atoms with Gasteiger partial charge in [-0.2, -0.15) is 5.10 Å². The van der Waals surface area contributed by atoms with Gasteiger partial charge < -0.3 is 14.4 Å². The highest BCUT2D eigenvalue weighted by Gasteiger charge is 2.31. The molecule has 8 nitrogen and oxygen atoms in total. The van der Waals surface area contributed by atoms with Crippen LogP contribution in [0.5, 0.6) is 5.88 Å². The van der Waals surface area contributed by atoms with Crippen LogP contribution in [0, 0.1) is 5.82 Å². The number of pyridine rings is 1. The van der Waals surface area contributed by atoms with Crippen LogP contribution in [-0.4, -0.2) is 45.8 Å². The molecule has 146 valence electrons. The second-order valence-corrected chi connectivity index (χ2v) is 6.44. The Labute approximate surface area is 160 Å². The van der Waals surface area contributed by atoms with Gasteiger partial charge in [0, 0.05) is 18.3 Å². The van der Waals surface area contributed by atoms with Crippen molar-refractivity contribution < 1.29 is 18.7 Å². The quantitative estimate of drug-likeness (QED) is 0.625. The van der Waals surface area contributed by atoms with Gasteiger partial charge in [0.2, 0.25) is 5.88 Å². The van der Waals surface area contributed by atoms with Gasteiger partial charge in [-0.15, -0.1) is 0 Å². The van der Waals surface area contributed by atoms with Crippen molar-refractivity contribution in [2.75, 3.05) is 25.2 Å². The number of halogens is 1. The molecule has 9 heteroatoms. The first kappa shape index (κ1) is 18.1. The zero-order valence-corrected chi connectivity index (χ0v) is 15.6. The highest BCUT2D eigenvalue weighted by molar-refractivity contribution is 5.95. The van der Waals surface area contributed by atoms with E-state index >= 15 is 0 Å². The number of nitrogens with zero attached hydrogens (tertiary/aromatic N) is 5. The zero-order valence-electron chi connectivity index (χ0n) is 15.6. The third-order valence-corrected chi connectivity index (χ3v) is 4.79. The predicted molar refractivity (Wildman–Crippen MR) is 99.0 cm³/mol. The van der Waals surface area contributed by atoms with Gasteiger partial charge >= 0.3 is 5.97 Å². The number of aromatic nitrogens is 4. The van der Waals surface area contributed by atoms with Crippen LogP contribution in [0.3, 0.4) is 0 Å². The summed E-state index contributed by atoms with van der Waals surface area (Å²) >= 11 is 0. The molecule has 0 radical (unpaired) electrons.